The standard InChI is InChI=1S/C21H26BrN5O3/c1-13-8-18-19(24-25-27(18)17(12-30-3)5-7-29-2)21(23-13)26-6-4-14-9-16(22)10-15(11-28)20(14)26/h8-10,17,28H,4-7,11-12H2,1-3H3/t17-/m1/s1. The number of nitrogens with zero attached hydrogens (tertiary/aromatic N) is 5. The molecule has 1 N–H and O–H groups in total. The maximum Gasteiger partial charge on any atom is 0.163 e. The highest BCUT2D eigenvalue weighted by molar-refractivity contribution is 9.10. The van der Waals surface area contributed by atoms with Crippen molar-refractivity contribution in [2.75, 3.05) is 38.9 Å². The number of anilines is 2. The van der Waals surface area contributed by atoms with E-state index in [2.05, 4.69) is 37.2 Å². The van der Waals surface area contributed by atoms with E-state index in [1.807, 2.05) is 23.7 Å². The third-order valence-corrected chi connectivity index (χ3v) is 5.92. The monoisotopic (exact) mass is 475 g/mol. The lowest BCUT2D eigenvalue weighted by molar-refractivity contribution is 0.117. The molecule has 3 heterocycles. The van der Waals surface area contributed by atoms with Crippen molar-refractivity contribution in [3.8, 4) is 0 Å². The quantitative estimate of drug-likeness (QED) is 0.534. The molecule has 0 aliphatic carbocycles. The summed E-state index contributed by atoms with van der Waals surface area (Å²) in [6.07, 6.45) is 1.65. The van der Waals surface area contributed by atoms with Crippen LogP contribution in [0, 0.1) is 6.92 Å². The summed E-state index contributed by atoms with van der Waals surface area (Å²) in [5.41, 5.74) is 5.64. The Bertz CT molecular complexity index is 1050. The van der Waals surface area contributed by atoms with Crippen molar-refractivity contribution in [1.82, 2.24) is 20.0 Å². The molecule has 160 valence electrons. The molecule has 1 aliphatic heterocycles. The number of ether oxygens (including phenoxy) is 2. The van der Waals surface area contributed by atoms with Gasteiger partial charge in [-0.05, 0) is 43.5 Å². The average Bonchev–Trinajstić information content (AvgIpc) is 3.34. The van der Waals surface area contributed by atoms with Gasteiger partial charge in [-0.2, -0.15) is 0 Å². The van der Waals surface area contributed by atoms with E-state index in [0.29, 0.717) is 13.2 Å². The number of aliphatic hydroxyl groups is 1. The second-order valence-corrected chi connectivity index (χ2v) is 8.43. The second-order valence-electron chi connectivity index (χ2n) is 7.51. The molecule has 4 rings (SSSR count). The lowest BCUT2D eigenvalue weighted by Gasteiger charge is -2.22. The highest BCUT2D eigenvalue weighted by Crippen LogP contribution is 2.41. The van der Waals surface area contributed by atoms with Crippen molar-refractivity contribution in [3.05, 3.63) is 39.5 Å². The fourth-order valence-corrected chi connectivity index (χ4v) is 4.71. The van der Waals surface area contributed by atoms with E-state index in [1.165, 1.54) is 5.56 Å². The van der Waals surface area contributed by atoms with Gasteiger partial charge in [-0.15, -0.1) is 5.10 Å². The fourth-order valence-electron chi connectivity index (χ4n) is 4.16. The number of fused-ring (bicyclic) bond motifs is 2. The van der Waals surface area contributed by atoms with Gasteiger partial charge in [-0.1, -0.05) is 21.1 Å². The Hall–Kier alpha value is -2.07. The molecule has 0 radical (unpaired) electrons. The number of pyridine rings is 1. The third kappa shape index (κ3) is 3.82. The number of aliphatic hydroxyl groups excluding tert-OH is 1. The van der Waals surface area contributed by atoms with Gasteiger partial charge in [-0.3, -0.25) is 0 Å². The molecule has 30 heavy (non-hydrogen) atoms. The molecular formula is C21H26BrN5O3. The largest absolute Gasteiger partial charge is 0.392 e. The lowest BCUT2D eigenvalue weighted by Crippen LogP contribution is -2.19. The Morgan fingerprint density at radius 1 is 1.23 bits per heavy atom. The van der Waals surface area contributed by atoms with Crippen LogP contribution in [0.1, 0.15) is 29.3 Å². The van der Waals surface area contributed by atoms with Gasteiger partial charge in [0.15, 0.2) is 11.3 Å². The zero-order chi connectivity index (χ0) is 21.3. The number of hydrogen-bond donors (Lipinski definition) is 1. The molecule has 3 aromatic rings. The van der Waals surface area contributed by atoms with Gasteiger partial charge >= 0.3 is 0 Å². The van der Waals surface area contributed by atoms with Gasteiger partial charge in [0.25, 0.3) is 0 Å². The van der Waals surface area contributed by atoms with Crippen LogP contribution in [0.5, 0.6) is 0 Å². The smallest absolute Gasteiger partial charge is 0.163 e. The molecule has 0 spiro atoms. The number of benzene rings is 1. The summed E-state index contributed by atoms with van der Waals surface area (Å²) in [6.45, 7) is 3.86. The van der Waals surface area contributed by atoms with Crippen molar-refractivity contribution < 1.29 is 14.6 Å². The Morgan fingerprint density at radius 2 is 2.07 bits per heavy atom. The molecule has 0 bridgehead atoms. The fraction of sp³-hybridized carbons (Fsp3) is 0.476. The Kier molecular flexibility index (Phi) is 6.33. The molecule has 1 atom stereocenters. The van der Waals surface area contributed by atoms with Crippen LogP contribution >= 0.6 is 15.9 Å². The molecule has 0 fully saturated rings. The van der Waals surface area contributed by atoms with Crippen LogP contribution < -0.4 is 4.90 Å². The Labute approximate surface area is 183 Å². The zero-order valence-corrected chi connectivity index (χ0v) is 19.0. The van der Waals surface area contributed by atoms with Crippen molar-refractivity contribution in [1.29, 1.82) is 0 Å². The zero-order valence-electron chi connectivity index (χ0n) is 17.4. The first-order valence-corrected chi connectivity index (χ1v) is 10.8. The second kappa shape index (κ2) is 8.97. The maximum atomic E-state index is 9.95. The van der Waals surface area contributed by atoms with Gasteiger partial charge in [-0.25, -0.2) is 9.67 Å². The van der Waals surface area contributed by atoms with Crippen molar-refractivity contribution >= 4 is 38.5 Å². The molecule has 1 aliphatic rings. The molecule has 0 amide bonds. The van der Waals surface area contributed by atoms with Crippen LogP contribution in [0.2, 0.25) is 0 Å². The van der Waals surface area contributed by atoms with Crippen LogP contribution in [0.3, 0.4) is 0 Å². The summed E-state index contributed by atoms with van der Waals surface area (Å²) in [6, 6.07) is 6.10. The normalized spacial score (nSPS) is 14.5. The lowest BCUT2D eigenvalue weighted by atomic mass is 10.1. The van der Waals surface area contributed by atoms with Crippen LogP contribution in [0.4, 0.5) is 11.5 Å². The summed E-state index contributed by atoms with van der Waals surface area (Å²) in [4.78, 5) is 6.98. The highest BCUT2D eigenvalue weighted by Gasteiger charge is 2.28. The highest BCUT2D eigenvalue weighted by atomic mass is 79.9. The Balaban J connectivity index is 1.82. The summed E-state index contributed by atoms with van der Waals surface area (Å²) in [5.74, 6) is 0.773. The van der Waals surface area contributed by atoms with E-state index < -0.39 is 0 Å². The molecule has 1 aromatic carbocycles. The molecular weight excluding hydrogens is 450 g/mol. The van der Waals surface area contributed by atoms with E-state index >= 15 is 0 Å². The molecule has 0 saturated heterocycles. The van der Waals surface area contributed by atoms with Crippen molar-refractivity contribution in [2.24, 2.45) is 0 Å². The van der Waals surface area contributed by atoms with Crippen LogP contribution in [-0.2, 0) is 22.5 Å². The molecule has 0 saturated carbocycles. The third-order valence-electron chi connectivity index (χ3n) is 5.46. The van der Waals surface area contributed by atoms with Crippen LogP contribution in [-0.4, -0.2) is 59.1 Å². The summed E-state index contributed by atoms with van der Waals surface area (Å²) >= 11 is 3.55. The van der Waals surface area contributed by atoms with Gasteiger partial charge in [0.05, 0.1) is 30.5 Å². The number of aromatic nitrogens is 4. The van der Waals surface area contributed by atoms with E-state index in [1.54, 1.807) is 14.2 Å². The average molecular weight is 476 g/mol. The van der Waals surface area contributed by atoms with Crippen molar-refractivity contribution in [3.63, 3.8) is 0 Å². The number of halogens is 1. The minimum absolute atomic E-state index is 0.0180. The minimum Gasteiger partial charge on any atom is -0.392 e. The number of aryl methyl sites for hydroxylation is 1. The van der Waals surface area contributed by atoms with Gasteiger partial charge in [0.1, 0.15) is 0 Å². The van der Waals surface area contributed by atoms with Crippen LogP contribution in [0.25, 0.3) is 11.0 Å². The predicted octanol–water partition coefficient (Wildman–Crippen LogP) is 3.31. The van der Waals surface area contributed by atoms with E-state index in [0.717, 1.165) is 57.7 Å². The topological polar surface area (TPSA) is 85.5 Å². The van der Waals surface area contributed by atoms with E-state index in [-0.39, 0.29) is 12.6 Å². The number of rotatable bonds is 8. The van der Waals surface area contributed by atoms with Crippen LogP contribution in [0.15, 0.2) is 22.7 Å². The maximum absolute atomic E-state index is 9.95. The van der Waals surface area contributed by atoms with Gasteiger partial charge in [0.2, 0.25) is 0 Å². The summed E-state index contributed by atoms with van der Waals surface area (Å²) in [5, 5.41) is 18.9. The van der Waals surface area contributed by atoms with Gasteiger partial charge < -0.3 is 19.5 Å². The number of methoxy groups -OCH3 is 2. The molecule has 8 nitrogen and oxygen atoms in total. The summed E-state index contributed by atoms with van der Waals surface area (Å²) in [7, 11) is 3.38. The van der Waals surface area contributed by atoms with E-state index in [4.69, 9.17) is 14.5 Å². The SMILES string of the molecule is COCC[C@H](COC)n1nnc2c(N3CCc4cc(Br)cc(CO)c43)nc(C)cc21. The first kappa shape index (κ1) is 21.2. The van der Waals surface area contributed by atoms with Gasteiger partial charge in [0, 0.05) is 43.1 Å². The van der Waals surface area contributed by atoms with Crippen molar-refractivity contribution in [2.45, 2.75) is 32.4 Å². The first-order valence-electron chi connectivity index (χ1n) is 9.97. The minimum atomic E-state index is -0.0349. The number of hydrogen-bond acceptors (Lipinski definition) is 7. The van der Waals surface area contributed by atoms with E-state index in [9.17, 15) is 5.11 Å². The molecule has 9 heteroatoms. The summed E-state index contributed by atoms with van der Waals surface area (Å²) < 4.78 is 13.6. The first-order chi connectivity index (χ1) is 14.6. The Morgan fingerprint density at radius 3 is 2.80 bits per heavy atom. The molecule has 2 aromatic heterocycles. The molecule has 0 unspecified atom stereocenters. The predicted molar refractivity (Wildman–Crippen MR) is 118 cm³/mol.